The van der Waals surface area contributed by atoms with Crippen molar-refractivity contribution in [2.24, 2.45) is 0 Å². The molecule has 1 aliphatic carbocycles. The van der Waals surface area contributed by atoms with Crippen molar-refractivity contribution >= 4 is 22.4 Å². The number of aromatic nitrogens is 6. The first-order valence-electron chi connectivity index (χ1n) is 13.2. The molecule has 3 fully saturated rings. The van der Waals surface area contributed by atoms with Gasteiger partial charge < -0.3 is 20.1 Å². The van der Waals surface area contributed by atoms with Gasteiger partial charge in [0.1, 0.15) is 22.7 Å². The number of hydrogen-bond donors (Lipinski definition) is 2. The van der Waals surface area contributed by atoms with Crippen LogP contribution in [0.25, 0.3) is 27.9 Å². The fourth-order valence-electron chi connectivity index (χ4n) is 5.50. The van der Waals surface area contributed by atoms with Gasteiger partial charge in [0.2, 0.25) is 0 Å². The first-order valence-corrected chi connectivity index (χ1v) is 13.2. The average molecular weight is 489 g/mol. The van der Waals surface area contributed by atoms with E-state index in [9.17, 15) is 0 Å². The fourth-order valence-corrected chi connectivity index (χ4v) is 5.50. The maximum atomic E-state index is 6.10. The Hall–Kier alpha value is -3.24. The van der Waals surface area contributed by atoms with Crippen LogP contribution in [0.2, 0.25) is 0 Å². The number of hydrogen-bond acceptors (Lipinski definition) is 8. The first kappa shape index (κ1) is 22.0. The third kappa shape index (κ3) is 3.88. The van der Waals surface area contributed by atoms with E-state index >= 15 is 0 Å². The number of piperidine rings is 1. The Bertz CT molecular complexity index is 1400. The molecule has 2 atom stereocenters. The van der Waals surface area contributed by atoms with Crippen molar-refractivity contribution in [3.8, 4) is 17.1 Å². The fraction of sp³-hybridized carbons (Fsp3) is 0.538. The van der Waals surface area contributed by atoms with Crippen LogP contribution in [-0.2, 0) is 4.74 Å². The Kier molecular flexibility index (Phi) is 5.50. The minimum atomic E-state index is -0.0556. The molecule has 2 N–H and O–H groups in total. The van der Waals surface area contributed by atoms with Crippen LogP contribution in [0.5, 0.6) is 5.75 Å². The molecule has 0 radical (unpaired) electrons. The van der Waals surface area contributed by atoms with Crippen LogP contribution in [0.4, 0.5) is 5.82 Å². The van der Waals surface area contributed by atoms with E-state index in [-0.39, 0.29) is 6.23 Å². The van der Waals surface area contributed by atoms with Crippen LogP contribution in [0.15, 0.2) is 24.5 Å². The number of nitrogens with zero attached hydrogens (tertiary/aromatic N) is 6. The van der Waals surface area contributed by atoms with Gasteiger partial charge in [-0.25, -0.2) is 19.2 Å². The van der Waals surface area contributed by atoms with E-state index in [1.165, 1.54) is 0 Å². The maximum Gasteiger partial charge on any atom is 0.157 e. The number of ether oxygens (including phenoxy) is 2. The smallest absolute Gasteiger partial charge is 0.157 e. The lowest BCUT2D eigenvalue weighted by atomic mass is 10.1. The van der Waals surface area contributed by atoms with Gasteiger partial charge in [0.25, 0.3) is 0 Å². The van der Waals surface area contributed by atoms with E-state index in [0.717, 1.165) is 110 Å². The Morgan fingerprint density at radius 3 is 2.83 bits per heavy atom. The van der Waals surface area contributed by atoms with E-state index in [4.69, 9.17) is 24.7 Å². The van der Waals surface area contributed by atoms with Gasteiger partial charge in [0.05, 0.1) is 25.2 Å². The molecule has 0 amide bonds. The SMILES string of the molecule is COc1cc2ncc(-c3cc4cnn(C5CCCCO5)c4c(NC4CCCNC4)n3)n2nc1C1CC1. The number of methoxy groups -OCH3 is 1. The van der Waals surface area contributed by atoms with Crippen molar-refractivity contribution in [3.63, 3.8) is 0 Å². The molecule has 6 heterocycles. The molecule has 2 saturated heterocycles. The molecule has 4 aromatic heterocycles. The van der Waals surface area contributed by atoms with Crippen LogP contribution < -0.4 is 15.4 Å². The van der Waals surface area contributed by atoms with E-state index in [1.54, 1.807) is 7.11 Å². The van der Waals surface area contributed by atoms with Gasteiger partial charge in [-0.3, -0.25) is 0 Å². The summed E-state index contributed by atoms with van der Waals surface area (Å²) in [4.78, 5) is 9.80. The quantitative estimate of drug-likeness (QED) is 0.421. The molecule has 0 spiro atoms. The van der Waals surface area contributed by atoms with Gasteiger partial charge in [-0.2, -0.15) is 10.2 Å². The number of nitrogens with one attached hydrogen (secondary N) is 2. The molecule has 10 nitrogen and oxygen atoms in total. The van der Waals surface area contributed by atoms with Gasteiger partial charge in [-0.15, -0.1) is 0 Å². The Labute approximate surface area is 209 Å². The molecule has 7 rings (SSSR count). The Balaban J connectivity index is 1.35. The zero-order valence-corrected chi connectivity index (χ0v) is 20.6. The van der Waals surface area contributed by atoms with Crippen molar-refractivity contribution in [3.05, 3.63) is 30.2 Å². The topological polar surface area (TPSA) is 103 Å². The lowest BCUT2D eigenvalue weighted by molar-refractivity contribution is -0.0366. The maximum absolute atomic E-state index is 6.10. The summed E-state index contributed by atoms with van der Waals surface area (Å²) in [5.74, 6) is 2.11. The highest BCUT2D eigenvalue weighted by Crippen LogP contribution is 2.43. The molecule has 2 unspecified atom stereocenters. The van der Waals surface area contributed by atoms with Crippen molar-refractivity contribution in [1.29, 1.82) is 0 Å². The van der Waals surface area contributed by atoms with Crippen molar-refractivity contribution in [2.45, 2.75) is 63.1 Å². The van der Waals surface area contributed by atoms with E-state index in [2.05, 4.69) is 21.7 Å². The minimum Gasteiger partial charge on any atom is -0.495 e. The van der Waals surface area contributed by atoms with Gasteiger partial charge >= 0.3 is 0 Å². The first-order chi connectivity index (χ1) is 17.8. The molecule has 3 aliphatic rings. The number of fused-ring (bicyclic) bond motifs is 2. The molecule has 1 saturated carbocycles. The summed E-state index contributed by atoms with van der Waals surface area (Å²) in [6, 6.07) is 4.39. The lowest BCUT2D eigenvalue weighted by Crippen LogP contribution is -2.38. The predicted molar refractivity (Wildman–Crippen MR) is 136 cm³/mol. The van der Waals surface area contributed by atoms with Crippen LogP contribution in [0.1, 0.15) is 62.8 Å². The highest BCUT2D eigenvalue weighted by molar-refractivity contribution is 5.91. The summed E-state index contributed by atoms with van der Waals surface area (Å²) in [7, 11) is 1.70. The molecule has 36 heavy (non-hydrogen) atoms. The molecule has 188 valence electrons. The second-order valence-electron chi connectivity index (χ2n) is 10.2. The molecule has 10 heteroatoms. The van der Waals surface area contributed by atoms with Crippen LogP contribution in [0, 0.1) is 0 Å². The highest BCUT2D eigenvalue weighted by atomic mass is 16.5. The van der Waals surface area contributed by atoms with E-state index in [0.29, 0.717) is 12.0 Å². The molecule has 4 aromatic rings. The summed E-state index contributed by atoms with van der Waals surface area (Å²) in [5.41, 5.74) is 4.44. The largest absolute Gasteiger partial charge is 0.495 e. The molecular formula is C26H32N8O2. The minimum absolute atomic E-state index is 0.0556. The average Bonchev–Trinajstić information content (AvgIpc) is 3.54. The van der Waals surface area contributed by atoms with Crippen molar-refractivity contribution < 1.29 is 9.47 Å². The zero-order valence-electron chi connectivity index (χ0n) is 20.6. The number of pyridine rings is 1. The Morgan fingerprint density at radius 2 is 2.06 bits per heavy atom. The third-order valence-corrected chi connectivity index (χ3v) is 7.57. The zero-order chi connectivity index (χ0) is 24.1. The third-order valence-electron chi connectivity index (χ3n) is 7.57. The summed E-state index contributed by atoms with van der Waals surface area (Å²) < 4.78 is 15.6. The van der Waals surface area contributed by atoms with Crippen LogP contribution in [0.3, 0.4) is 0 Å². The molecule has 0 bridgehead atoms. The number of anilines is 1. The summed E-state index contributed by atoms with van der Waals surface area (Å²) >= 11 is 0. The molecule has 2 aliphatic heterocycles. The van der Waals surface area contributed by atoms with Crippen LogP contribution >= 0.6 is 0 Å². The second kappa shape index (κ2) is 9.01. The van der Waals surface area contributed by atoms with E-state index in [1.807, 2.05) is 27.7 Å². The lowest BCUT2D eigenvalue weighted by Gasteiger charge is -2.27. The van der Waals surface area contributed by atoms with Crippen molar-refractivity contribution in [2.75, 3.05) is 32.1 Å². The highest BCUT2D eigenvalue weighted by Gasteiger charge is 2.30. The van der Waals surface area contributed by atoms with Gasteiger partial charge in [0.15, 0.2) is 17.7 Å². The molecular weight excluding hydrogens is 456 g/mol. The normalized spacial score (nSPS) is 22.8. The van der Waals surface area contributed by atoms with Gasteiger partial charge in [-0.05, 0) is 57.6 Å². The van der Waals surface area contributed by atoms with Crippen molar-refractivity contribution in [1.82, 2.24) is 34.7 Å². The summed E-state index contributed by atoms with van der Waals surface area (Å²) in [6.07, 6.45) is 11.5. The summed E-state index contributed by atoms with van der Waals surface area (Å²) in [6.45, 7) is 2.76. The number of rotatable bonds is 6. The van der Waals surface area contributed by atoms with E-state index < -0.39 is 0 Å². The van der Waals surface area contributed by atoms with Crippen LogP contribution in [-0.4, -0.2) is 62.2 Å². The second-order valence-corrected chi connectivity index (χ2v) is 10.2. The Morgan fingerprint density at radius 1 is 1.11 bits per heavy atom. The summed E-state index contributed by atoms with van der Waals surface area (Å²) in [5, 5.41) is 18.0. The standard InChI is InChI=1S/C26H32N8O2/c1-35-21-12-22-28-15-20(33(22)32-24(21)16-7-8-16)19-11-17-13-29-34(23-6-2-3-10-36-23)25(17)26(31-19)30-18-5-4-9-27-14-18/h11-13,15-16,18,23,27H,2-10,14H2,1H3,(H,30,31). The van der Waals surface area contributed by atoms with Gasteiger partial charge in [-0.1, -0.05) is 0 Å². The predicted octanol–water partition coefficient (Wildman–Crippen LogP) is 3.89. The monoisotopic (exact) mass is 488 g/mol. The number of imidazole rings is 1. The molecule has 0 aromatic carbocycles. The van der Waals surface area contributed by atoms with Gasteiger partial charge in [0, 0.05) is 36.6 Å².